The highest BCUT2D eigenvalue weighted by Gasteiger charge is 2.62. The van der Waals surface area contributed by atoms with Crippen LogP contribution in [0, 0.1) is 17.2 Å². The predicted octanol–water partition coefficient (Wildman–Crippen LogP) is 3.14. The van der Waals surface area contributed by atoms with E-state index in [4.69, 9.17) is 9.47 Å². The van der Waals surface area contributed by atoms with Gasteiger partial charge in [-0.05, 0) is 66.5 Å². The average molecular weight is 811 g/mol. The molecule has 2 aromatic carbocycles. The van der Waals surface area contributed by atoms with Crippen molar-refractivity contribution in [2.45, 2.75) is 102 Å². The van der Waals surface area contributed by atoms with Crippen molar-refractivity contribution in [3.05, 3.63) is 65.0 Å². The SMILES string of the molecule is CC[C@@H]1C[C@]1(NC(=O)[C@@H]1C[C@@H](OC(=O)N2Cc3cccc(F)c3C2)CN1C(=O)[C@@H](Nc1ccc(C(=O)N2CCOCC2)cc1)C(C)(C)C)C(=O)NS(=O)(=O)C1CC1. The van der Waals surface area contributed by atoms with E-state index in [9.17, 15) is 36.8 Å². The number of hydrogen-bond donors (Lipinski definition) is 3. The van der Waals surface area contributed by atoms with Gasteiger partial charge in [-0.3, -0.25) is 28.8 Å². The standard InChI is InChI=1S/C40H51FN6O9S/c1-5-26-20-40(26,37(51)44-57(53,54)29-13-14-29)43-34(48)32-19-28(56-38(52)46-21-25-7-6-8-31(41)30(25)23-46)22-47(32)36(50)33(39(2,3)4)42-27-11-9-24(10-12-27)35(49)45-15-17-55-18-16-45/h6-12,26,28-29,32-33,42H,5,13-23H2,1-4H3,(H,43,48)(H,44,51)/t26-,28-,32+,33-,40-/m1/s1. The lowest BCUT2D eigenvalue weighted by atomic mass is 9.85. The molecular formula is C40H51FN6O9S. The van der Waals surface area contributed by atoms with Crippen LogP contribution in [0.25, 0.3) is 0 Å². The average Bonchev–Trinajstić information content (AvgIpc) is 4.07. The third-order valence-corrected chi connectivity index (χ3v) is 13.5. The van der Waals surface area contributed by atoms with E-state index in [0.717, 1.165) is 0 Å². The fourth-order valence-corrected chi connectivity index (χ4v) is 9.40. The number of morpholine rings is 1. The van der Waals surface area contributed by atoms with Crippen LogP contribution in [0.5, 0.6) is 0 Å². The first-order chi connectivity index (χ1) is 27.0. The zero-order chi connectivity index (χ0) is 40.9. The Labute approximate surface area is 332 Å². The van der Waals surface area contributed by atoms with Crippen LogP contribution in [-0.4, -0.2) is 115 Å². The number of amides is 5. The fraction of sp³-hybridized carbons (Fsp3) is 0.575. The molecule has 15 nitrogen and oxygen atoms in total. The van der Waals surface area contributed by atoms with Gasteiger partial charge in [0.1, 0.15) is 29.5 Å². The monoisotopic (exact) mass is 810 g/mol. The van der Waals surface area contributed by atoms with E-state index in [1.54, 1.807) is 41.3 Å². The van der Waals surface area contributed by atoms with Gasteiger partial charge in [-0.2, -0.15) is 0 Å². The minimum Gasteiger partial charge on any atom is -0.444 e. The van der Waals surface area contributed by atoms with Crippen molar-refractivity contribution in [1.29, 1.82) is 0 Å². The van der Waals surface area contributed by atoms with Gasteiger partial charge in [0.25, 0.3) is 11.8 Å². The molecule has 2 aliphatic carbocycles. The van der Waals surface area contributed by atoms with Crippen molar-refractivity contribution in [3.63, 3.8) is 0 Å². The van der Waals surface area contributed by atoms with Crippen molar-refractivity contribution in [2.24, 2.45) is 11.3 Å². The van der Waals surface area contributed by atoms with Crippen LogP contribution in [0.1, 0.15) is 81.3 Å². The Morgan fingerprint density at radius 1 is 1.00 bits per heavy atom. The number of benzene rings is 2. The molecule has 4 fully saturated rings. The summed E-state index contributed by atoms with van der Waals surface area (Å²) in [5.41, 5.74) is -0.101. The number of sulfonamides is 1. The lowest BCUT2D eigenvalue weighted by Crippen LogP contribution is -2.58. The van der Waals surface area contributed by atoms with Crippen LogP contribution in [0.3, 0.4) is 0 Å². The summed E-state index contributed by atoms with van der Waals surface area (Å²) in [5.74, 6) is -2.83. The predicted molar refractivity (Wildman–Crippen MR) is 205 cm³/mol. The molecule has 0 spiro atoms. The Balaban J connectivity index is 1.11. The molecule has 0 unspecified atom stereocenters. The first kappa shape index (κ1) is 40.4. The van der Waals surface area contributed by atoms with Gasteiger partial charge in [-0.15, -0.1) is 0 Å². The summed E-state index contributed by atoms with van der Waals surface area (Å²) in [5, 5.41) is 5.49. The maximum absolute atomic E-state index is 14.7. The number of carbonyl (C=O) groups is 5. The first-order valence-electron chi connectivity index (χ1n) is 19.6. The maximum Gasteiger partial charge on any atom is 0.410 e. The third-order valence-electron chi connectivity index (χ3n) is 11.7. The van der Waals surface area contributed by atoms with E-state index in [0.29, 0.717) is 67.9 Å². The molecule has 3 N–H and O–H groups in total. The zero-order valence-electron chi connectivity index (χ0n) is 32.7. The van der Waals surface area contributed by atoms with Crippen LogP contribution in [0.2, 0.25) is 0 Å². The highest BCUT2D eigenvalue weighted by molar-refractivity contribution is 7.91. The highest BCUT2D eigenvalue weighted by Crippen LogP contribution is 2.47. The molecule has 0 aromatic heterocycles. The Bertz CT molecular complexity index is 2030. The summed E-state index contributed by atoms with van der Waals surface area (Å²) in [4.78, 5) is 73.6. The van der Waals surface area contributed by atoms with Gasteiger partial charge in [-0.25, -0.2) is 17.6 Å². The van der Waals surface area contributed by atoms with Crippen molar-refractivity contribution in [3.8, 4) is 0 Å². The number of hydrogen-bond acceptors (Lipinski definition) is 10. The molecule has 17 heteroatoms. The summed E-state index contributed by atoms with van der Waals surface area (Å²) in [7, 11) is -3.90. The fourth-order valence-electron chi connectivity index (χ4n) is 8.04. The third kappa shape index (κ3) is 8.45. The second-order valence-electron chi connectivity index (χ2n) is 16.9. The molecule has 0 bridgehead atoms. The number of likely N-dealkylation sites (tertiary alicyclic amines) is 1. The number of nitrogens with zero attached hydrogens (tertiary/aromatic N) is 3. The van der Waals surface area contributed by atoms with Gasteiger partial charge in [0.05, 0.1) is 31.6 Å². The Hall–Kier alpha value is -4.77. The van der Waals surface area contributed by atoms with E-state index >= 15 is 0 Å². The van der Waals surface area contributed by atoms with Crippen LogP contribution in [0.15, 0.2) is 42.5 Å². The lowest BCUT2D eigenvalue weighted by Gasteiger charge is -2.36. The maximum atomic E-state index is 14.7. The van der Waals surface area contributed by atoms with Crippen molar-refractivity contribution in [2.75, 3.05) is 38.2 Å². The quantitative estimate of drug-likeness (QED) is 0.305. The highest BCUT2D eigenvalue weighted by atomic mass is 32.2. The molecule has 5 aliphatic rings. The number of halogens is 1. The second-order valence-corrected chi connectivity index (χ2v) is 18.8. The molecule has 2 saturated heterocycles. The molecule has 7 rings (SSSR count). The summed E-state index contributed by atoms with van der Waals surface area (Å²) in [6.45, 7) is 9.36. The normalized spacial score (nSPS) is 25.0. The first-order valence-corrected chi connectivity index (χ1v) is 21.2. The van der Waals surface area contributed by atoms with E-state index in [2.05, 4.69) is 15.4 Å². The van der Waals surface area contributed by atoms with Crippen LogP contribution >= 0.6 is 0 Å². The smallest absolute Gasteiger partial charge is 0.410 e. The Kier molecular flexibility index (Phi) is 11.0. The molecule has 3 heterocycles. The lowest BCUT2D eigenvalue weighted by molar-refractivity contribution is -0.141. The summed E-state index contributed by atoms with van der Waals surface area (Å²) in [6, 6.07) is 9.33. The number of nitrogens with one attached hydrogen (secondary N) is 3. The van der Waals surface area contributed by atoms with E-state index in [1.165, 1.54) is 15.9 Å². The minimum absolute atomic E-state index is 0.00672. The van der Waals surface area contributed by atoms with Crippen LogP contribution < -0.4 is 15.4 Å². The number of rotatable bonds is 11. The van der Waals surface area contributed by atoms with Crippen molar-refractivity contribution in [1.82, 2.24) is 24.7 Å². The molecule has 308 valence electrons. The molecular weight excluding hydrogens is 760 g/mol. The number of fused-ring (bicyclic) bond motifs is 1. The van der Waals surface area contributed by atoms with Gasteiger partial charge in [0.15, 0.2) is 0 Å². The number of carbonyl (C=O) groups excluding carboxylic acids is 5. The molecule has 0 radical (unpaired) electrons. The van der Waals surface area contributed by atoms with Gasteiger partial charge >= 0.3 is 6.09 Å². The van der Waals surface area contributed by atoms with Gasteiger partial charge in [0, 0.05) is 42.9 Å². The number of anilines is 1. The van der Waals surface area contributed by atoms with Crippen LogP contribution in [-0.2, 0) is 47.0 Å². The Morgan fingerprint density at radius 3 is 2.32 bits per heavy atom. The molecule has 3 aliphatic heterocycles. The summed E-state index contributed by atoms with van der Waals surface area (Å²) >= 11 is 0. The molecule has 2 saturated carbocycles. The van der Waals surface area contributed by atoms with Gasteiger partial charge in [-0.1, -0.05) is 46.2 Å². The number of ether oxygens (including phenoxy) is 2. The largest absolute Gasteiger partial charge is 0.444 e. The van der Waals surface area contributed by atoms with Gasteiger partial charge in [0.2, 0.25) is 21.8 Å². The zero-order valence-corrected chi connectivity index (χ0v) is 33.5. The summed E-state index contributed by atoms with van der Waals surface area (Å²) < 4.78 is 53.4. The molecule has 5 amide bonds. The molecule has 5 atom stereocenters. The van der Waals surface area contributed by atoms with E-state index in [-0.39, 0.29) is 44.3 Å². The summed E-state index contributed by atoms with van der Waals surface area (Å²) in [6.07, 6.45) is -0.122. The van der Waals surface area contributed by atoms with Crippen LogP contribution in [0.4, 0.5) is 14.9 Å². The minimum atomic E-state index is -3.90. The Morgan fingerprint density at radius 2 is 1.70 bits per heavy atom. The van der Waals surface area contributed by atoms with Crippen molar-refractivity contribution < 1.29 is 46.3 Å². The topological polar surface area (TPSA) is 184 Å². The van der Waals surface area contributed by atoms with Gasteiger partial charge < -0.3 is 29.9 Å². The van der Waals surface area contributed by atoms with E-state index < -0.39 is 74.0 Å². The molecule has 57 heavy (non-hydrogen) atoms. The van der Waals surface area contributed by atoms with E-state index in [1.807, 2.05) is 27.7 Å². The van der Waals surface area contributed by atoms with Crippen molar-refractivity contribution >= 4 is 45.4 Å². The molecule has 2 aromatic rings. The second kappa shape index (κ2) is 15.5.